The lowest BCUT2D eigenvalue weighted by Crippen LogP contribution is -2.45. The molecule has 1 fully saturated rings. The van der Waals surface area contributed by atoms with Crippen LogP contribution in [0.4, 0.5) is 0 Å². The number of hydrogen-bond acceptors (Lipinski definition) is 4. The molecule has 7 heteroatoms. The molecule has 0 saturated carbocycles. The van der Waals surface area contributed by atoms with Crippen molar-refractivity contribution in [3.63, 3.8) is 0 Å². The van der Waals surface area contributed by atoms with Gasteiger partial charge in [-0.2, -0.15) is 4.31 Å². The van der Waals surface area contributed by atoms with Crippen molar-refractivity contribution in [3.8, 4) is 0 Å². The van der Waals surface area contributed by atoms with Crippen LogP contribution in [0.25, 0.3) is 0 Å². The topological polar surface area (TPSA) is 49.4 Å². The van der Waals surface area contributed by atoms with Gasteiger partial charge in [0.25, 0.3) is 10.0 Å². The van der Waals surface area contributed by atoms with Gasteiger partial charge in [-0.15, -0.1) is 11.3 Å². The SMILES string of the molecule is CCCN(CC1CCCCN1)S(=O)(=O)c1ccc(Br)s1. The van der Waals surface area contributed by atoms with E-state index < -0.39 is 10.0 Å². The van der Waals surface area contributed by atoms with Crippen LogP contribution in [0.15, 0.2) is 20.1 Å². The highest BCUT2D eigenvalue weighted by atomic mass is 79.9. The molecule has 4 nitrogen and oxygen atoms in total. The normalized spacial score (nSPS) is 20.4. The first-order valence-electron chi connectivity index (χ1n) is 7.03. The lowest BCUT2D eigenvalue weighted by molar-refractivity contribution is 0.313. The van der Waals surface area contributed by atoms with Gasteiger partial charge in [0, 0.05) is 19.1 Å². The highest BCUT2D eigenvalue weighted by Gasteiger charge is 2.28. The van der Waals surface area contributed by atoms with Crippen LogP contribution in [0.2, 0.25) is 0 Å². The second-order valence-electron chi connectivity index (χ2n) is 5.07. The Morgan fingerprint density at radius 2 is 2.25 bits per heavy atom. The van der Waals surface area contributed by atoms with E-state index in [-0.39, 0.29) is 6.04 Å². The Bertz CT molecular complexity index is 524. The Hall–Kier alpha value is 0.0500. The highest BCUT2D eigenvalue weighted by Crippen LogP contribution is 2.29. The summed E-state index contributed by atoms with van der Waals surface area (Å²) in [5.41, 5.74) is 0. The third kappa shape index (κ3) is 4.04. The van der Waals surface area contributed by atoms with Crippen molar-refractivity contribution in [2.45, 2.75) is 42.9 Å². The minimum atomic E-state index is -3.36. The first-order valence-corrected chi connectivity index (χ1v) is 10.1. The molecule has 0 aliphatic carbocycles. The van der Waals surface area contributed by atoms with Crippen molar-refractivity contribution in [2.24, 2.45) is 0 Å². The van der Waals surface area contributed by atoms with Gasteiger partial charge in [-0.1, -0.05) is 13.3 Å². The summed E-state index contributed by atoms with van der Waals surface area (Å²) in [4.78, 5) is 0. The summed E-state index contributed by atoms with van der Waals surface area (Å²) in [6, 6.07) is 3.76. The molecule has 20 heavy (non-hydrogen) atoms. The quantitative estimate of drug-likeness (QED) is 0.824. The van der Waals surface area contributed by atoms with Crippen molar-refractivity contribution in [1.82, 2.24) is 9.62 Å². The van der Waals surface area contributed by atoms with Gasteiger partial charge < -0.3 is 5.32 Å². The minimum Gasteiger partial charge on any atom is -0.313 e. The van der Waals surface area contributed by atoms with E-state index in [1.807, 2.05) is 6.92 Å². The first-order chi connectivity index (χ1) is 9.54. The molecule has 1 aliphatic rings. The van der Waals surface area contributed by atoms with E-state index in [0.29, 0.717) is 17.3 Å². The van der Waals surface area contributed by atoms with Gasteiger partial charge in [0.05, 0.1) is 3.79 Å². The molecular formula is C13H21BrN2O2S2. The Balaban J connectivity index is 2.14. The van der Waals surface area contributed by atoms with E-state index in [1.54, 1.807) is 16.4 Å². The van der Waals surface area contributed by atoms with E-state index >= 15 is 0 Å². The van der Waals surface area contributed by atoms with Crippen molar-refractivity contribution < 1.29 is 8.42 Å². The van der Waals surface area contributed by atoms with Crippen LogP contribution < -0.4 is 5.32 Å². The molecular weight excluding hydrogens is 360 g/mol. The van der Waals surface area contributed by atoms with Crippen LogP contribution in [-0.2, 0) is 10.0 Å². The lowest BCUT2D eigenvalue weighted by atomic mass is 10.1. The number of rotatable bonds is 6. The van der Waals surface area contributed by atoms with Crippen LogP contribution in [0.3, 0.4) is 0 Å². The number of hydrogen-bond donors (Lipinski definition) is 1. The average molecular weight is 381 g/mol. The zero-order valence-corrected chi connectivity index (χ0v) is 14.9. The molecule has 1 aliphatic heterocycles. The average Bonchev–Trinajstić information content (AvgIpc) is 2.87. The molecule has 0 aromatic carbocycles. The molecule has 0 spiro atoms. The van der Waals surface area contributed by atoms with Crippen molar-refractivity contribution >= 4 is 37.3 Å². The minimum absolute atomic E-state index is 0.286. The predicted octanol–water partition coefficient (Wildman–Crippen LogP) is 3.05. The van der Waals surface area contributed by atoms with Crippen LogP contribution in [0.1, 0.15) is 32.6 Å². The van der Waals surface area contributed by atoms with Crippen molar-refractivity contribution in [1.29, 1.82) is 0 Å². The summed E-state index contributed by atoms with van der Waals surface area (Å²) in [6.45, 7) is 4.16. The molecule has 1 atom stereocenters. The highest BCUT2D eigenvalue weighted by molar-refractivity contribution is 9.11. The van der Waals surface area contributed by atoms with Gasteiger partial charge in [-0.3, -0.25) is 0 Å². The van der Waals surface area contributed by atoms with Crippen LogP contribution in [0.5, 0.6) is 0 Å². The first kappa shape index (κ1) is 16.4. The molecule has 1 N–H and O–H groups in total. The Morgan fingerprint density at radius 3 is 2.80 bits per heavy atom. The Kier molecular flexibility index (Phi) is 6.04. The smallest absolute Gasteiger partial charge is 0.252 e. The van der Waals surface area contributed by atoms with Crippen molar-refractivity contribution in [2.75, 3.05) is 19.6 Å². The van der Waals surface area contributed by atoms with E-state index in [2.05, 4.69) is 21.2 Å². The Morgan fingerprint density at radius 1 is 1.45 bits per heavy atom. The number of halogens is 1. The molecule has 1 unspecified atom stereocenters. The second kappa shape index (κ2) is 7.35. The van der Waals surface area contributed by atoms with Crippen LogP contribution in [-0.4, -0.2) is 38.4 Å². The van der Waals surface area contributed by atoms with E-state index in [1.165, 1.54) is 24.2 Å². The number of sulfonamides is 1. The number of nitrogens with one attached hydrogen (secondary N) is 1. The number of piperidine rings is 1. The van der Waals surface area contributed by atoms with E-state index in [0.717, 1.165) is 23.2 Å². The molecule has 1 aromatic heterocycles. The molecule has 2 heterocycles. The summed E-state index contributed by atoms with van der Waals surface area (Å²) in [6.07, 6.45) is 4.26. The molecule has 114 valence electrons. The second-order valence-corrected chi connectivity index (χ2v) is 9.70. The van der Waals surface area contributed by atoms with Crippen LogP contribution in [0, 0.1) is 0 Å². The summed E-state index contributed by atoms with van der Waals surface area (Å²) in [7, 11) is -3.36. The zero-order chi connectivity index (χ0) is 14.6. The monoisotopic (exact) mass is 380 g/mol. The molecule has 0 amide bonds. The fourth-order valence-electron chi connectivity index (χ4n) is 2.45. The third-order valence-corrected chi connectivity index (χ3v) is 7.41. The van der Waals surface area contributed by atoms with Gasteiger partial charge in [-0.05, 0) is 53.9 Å². The fourth-order valence-corrected chi connectivity index (χ4v) is 6.19. The predicted molar refractivity (Wildman–Crippen MR) is 86.7 cm³/mol. The molecule has 0 bridgehead atoms. The maximum Gasteiger partial charge on any atom is 0.252 e. The molecule has 1 aromatic rings. The maximum absolute atomic E-state index is 12.7. The van der Waals surface area contributed by atoms with Crippen molar-refractivity contribution in [3.05, 3.63) is 15.9 Å². The summed E-state index contributed by atoms with van der Waals surface area (Å²) < 4.78 is 28.3. The maximum atomic E-state index is 12.7. The molecule has 2 rings (SSSR count). The van der Waals surface area contributed by atoms with Crippen LogP contribution >= 0.6 is 27.3 Å². The zero-order valence-electron chi connectivity index (χ0n) is 11.6. The van der Waals surface area contributed by atoms with Gasteiger partial charge >= 0.3 is 0 Å². The standard InChI is InChI=1S/C13H21BrN2O2S2/c1-2-9-16(10-11-5-3-4-8-15-11)20(17,18)13-7-6-12(14)19-13/h6-7,11,15H,2-5,8-10H2,1H3. The molecule has 0 radical (unpaired) electrons. The number of thiophene rings is 1. The summed E-state index contributed by atoms with van der Waals surface area (Å²) in [5, 5.41) is 3.42. The summed E-state index contributed by atoms with van der Waals surface area (Å²) in [5.74, 6) is 0. The van der Waals surface area contributed by atoms with Gasteiger partial charge in [-0.25, -0.2) is 8.42 Å². The number of nitrogens with zero attached hydrogens (tertiary/aromatic N) is 1. The Labute approximate surface area is 133 Å². The third-order valence-electron chi connectivity index (χ3n) is 3.45. The largest absolute Gasteiger partial charge is 0.313 e. The van der Waals surface area contributed by atoms with Gasteiger partial charge in [0.15, 0.2) is 0 Å². The van der Waals surface area contributed by atoms with Gasteiger partial charge in [0.1, 0.15) is 4.21 Å². The van der Waals surface area contributed by atoms with E-state index in [4.69, 9.17) is 0 Å². The molecule has 1 saturated heterocycles. The lowest BCUT2D eigenvalue weighted by Gasteiger charge is -2.29. The summed E-state index contributed by atoms with van der Waals surface area (Å²) >= 11 is 4.61. The fraction of sp³-hybridized carbons (Fsp3) is 0.692. The van der Waals surface area contributed by atoms with E-state index in [9.17, 15) is 8.42 Å². The van der Waals surface area contributed by atoms with Gasteiger partial charge in [0.2, 0.25) is 0 Å².